The number of hydrogen-bond acceptors (Lipinski definition) is 3. The van der Waals surface area contributed by atoms with Gasteiger partial charge >= 0.3 is 0 Å². The van der Waals surface area contributed by atoms with Crippen LogP contribution < -0.4 is 5.73 Å². The van der Waals surface area contributed by atoms with E-state index in [0.717, 1.165) is 22.4 Å². The number of pyridine rings is 1. The molecule has 1 aromatic carbocycles. The number of benzene rings is 1. The van der Waals surface area contributed by atoms with Gasteiger partial charge < -0.3 is 5.73 Å². The van der Waals surface area contributed by atoms with Crippen molar-refractivity contribution in [2.75, 3.05) is 0 Å². The summed E-state index contributed by atoms with van der Waals surface area (Å²) >= 11 is 6.01. The van der Waals surface area contributed by atoms with Gasteiger partial charge in [0.25, 0.3) is 5.91 Å². The number of nitrogens with zero attached hydrogens (tertiary/aromatic N) is 3. The van der Waals surface area contributed by atoms with Crippen LogP contribution in [-0.4, -0.2) is 20.4 Å². The van der Waals surface area contributed by atoms with Crippen LogP contribution in [0.4, 0.5) is 0 Å². The molecule has 25 heavy (non-hydrogen) atoms. The number of aryl methyl sites for hydroxylation is 1. The zero-order valence-electron chi connectivity index (χ0n) is 13.7. The lowest BCUT2D eigenvalue weighted by atomic mass is 10.1. The molecule has 0 spiro atoms. The minimum atomic E-state index is -0.614. The minimum absolute atomic E-state index is 0.135. The Morgan fingerprint density at radius 1 is 1.24 bits per heavy atom. The molecule has 0 radical (unpaired) electrons. The lowest BCUT2D eigenvalue weighted by Gasteiger charge is -2.11. The maximum absolute atomic E-state index is 11.6. The van der Waals surface area contributed by atoms with Gasteiger partial charge in [0, 0.05) is 28.7 Å². The number of halogens is 1. The van der Waals surface area contributed by atoms with Crippen LogP contribution in [0.5, 0.6) is 0 Å². The zero-order chi connectivity index (χ0) is 18.0. The molecule has 2 aromatic heterocycles. The summed E-state index contributed by atoms with van der Waals surface area (Å²) in [7, 11) is 0. The van der Waals surface area contributed by atoms with E-state index in [0.29, 0.717) is 10.7 Å². The number of primary amides is 1. The molecule has 1 amide bonds. The van der Waals surface area contributed by atoms with Gasteiger partial charge in [-0.25, -0.2) is 4.98 Å². The fourth-order valence-corrected chi connectivity index (χ4v) is 2.60. The third-order valence-corrected chi connectivity index (χ3v) is 4.07. The van der Waals surface area contributed by atoms with Gasteiger partial charge in [-0.2, -0.15) is 0 Å². The highest BCUT2D eigenvalue weighted by molar-refractivity contribution is 6.30. The third kappa shape index (κ3) is 3.39. The molecule has 2 N–H and O–H groups in total. The number of nitrogens with two attached hydrogens (primary N) is 1. The maximum Gasteiger partial charge on any atom is 0.285 e. The zero-order valence-corrected chi connectivity index (χ0v) is 14.5. The Hall–Kier alpha value is -3.10. The molecule has 0 saturated heterocycles. The molecule has 3 aromatic rings. The second kappa shape index (κ2) is 6.80. The van der Waals surface area contributed by atoms with Gasteiger partial charge in [0.1, 0.15) is 0 Å². The van der Waals surface area contributed by atoms with Gasteiger partial charge in [0.2, 0.25) is 5.82 Å². The van der Waals surface area contributed by atoms with Crippen molar-refractivity contribution in [1.82, 2.24) is 14.5 Å². The van der Waals surface area contributed by atoms with E-state index in [1.54, 1.807) is 29.1 Å². The second-order valence-electron chi connectivity index (χ2n) is 5.47. The van der Waals surface area contributed by atoms with Crippen LogP contribution in [0.3, 0.4) is 0 Å². The van der Waals surface area contributed by atoms with E-state index in [9.17, 15) is 4.79 Å². The van der Waals surface area contributed by atoms with E-state index >= 15 is 0 Å². The van der Waals surface area contributed by atoms with E-state index in [-0.39, 0.29) is 5.82 Å². The van der Waals surface area contributed by atoms with Gasteiger partial charge in [-0.3, -0.25) is 14.3 Å². The fourth-order valence-electron chi connectivity index (χ4n) is 2.41. The minimum Gasteiger partial charge on any atom is -0.363 e. The summed E-state index contributed by atoms with van der Waals surface area (Å²) in [6, 6.07) is 7.32. The van der Waals surface area contributed by atoms with E-state index in [2.05, 4.69) is 21.8 Å². The quantitative estimate of drug-likeness (QED) is 0.722. The molecular weight excluding hydrogens is 336 g/mol. The van der Waals surface area contributed by atoms with Crippen LogP contribution in [0.25, 0.3) is 5.69 Å². The standard InChI is InChI=1S/C19H15ClN4O/c1-12-13(2)23-11-17(24-9-8-22-19(24)18(21)25)16(12)7-6-14-4-3-5-15(20)10-14/h3-5,8-11H,1-2H3,(H2,21,25). The third-order valence-electron chi connectivity index (χ3n) is 3.83. The molecule has 0 bridgehead atoms. The Bertz CT molecular complexity index is 1030. The lowest BCUT2D eigenvalue weighted by Crippen LogP contribution is -2.18. The number of amides is 1. The molecule has 5 nitrogen and oxygen atoms in total. The smallest absolute Gasteiger partial charge is 0.285 e. The molecule has 0 aliphatic heterocycles. The first-order valence-corrected chi connectivity index (χ1v) is 7.92. The fraction of sp³-hybridized carbons (Fsp3) is 0.105. The number of imidazole rings is 1. The normalized spacial score (nSPS) is 10.2. The van der Waals surface area contributed by atoms with Gasteiger partial charge in [0.15, 0.2) is 0 Å². The van der Waals surface area contributed by atoms with Crippen LogP contribution in [0, 0.1) is 25.7 Å². The topological polar surface area (TPSA) is 73.8 Å². The van der Waals surface area contributed by atoms with Crippen molar-refractivity contribution in [3.63, 3.8) is 0 Å². The van der Waals surface area contributed by atoms with Crippen molar-refractivity contribution in [3.05, 3.63) is 76.1 Å². The molecular formula is C19H15ClN4O. The molecule has 124 valence electrons. The van der Waals surface area contributed by atoms with Crippen molar-refractivity contribution >= 4 is 17.5 Å². The molecule has 0 saturated carbocycles. The largest absolute Gasteiger partial charge is 0.363 e. The second-order valence-corrected chi connectivity index (χ2v) is 5.91. The average molecular weight is 351 g/mol. The van der Waals surface area contributed by atoms with Gasteiger partial charge in [-0.15, -0.1) is 0 Å². The van der Waals surface area contributed by atoms with E-state index in [1.165, 1.54) is 6.20 Å². The highest BCUT2D eigenvalue weighted by Crippen LogP contribution is 2.21. The summed E-state index contributed by atoms with van der Waals surface area (Å²) in [5, 5.41) is 0.625. The number of aromatic nitrogens is 3. The first-order chi connectivity index (χ1) is 12.0. The summed E-state index contributed by atoms with van der Waals surface area (Å²) in [4.78, 5) is 20.0. The van der Waals surface area contributed by atoms with Gasteiger partial charge in [-0.05, 0) is 37.6 Å². The first kappa shape index (κ1) is 16.7. The SMILES string of the molecule is Cc1ncc(-n2ccnc2C(N)=O)c(C#Cc2cccc(Cl)c2)c1C. The number of rotatable bonds is 2. The Morgan fingerprint density at radius 3 is 2.76 bits per heavy atom. The van der Waals surface area contributed by atoms with Crippen LogP contribution in [0.1, 0.15) is 33.0 Å². The summed E-state index contributed by atoms with van der Waals surface area (Å²) in [5.74, 6) is 5.80. The number of hydrogen-bond donors (Lipinski definition) is 1. The van der Waals surface area contributed by atoms with Crippen LogP contribution in [-0.2, 0) is 0 Å². The average Bonchev–Trinajstić information content (AvgIpc) is 3.06. The maximum atomic E-state index is 11.6. The van der Waals surface area contributed by atoms with Crippen LogP contribution in [0.15, 0.2) is 42.9 Å². The first-order valence-electron chi connectivity index (χ1n) is 7.54. The molecule has 0 unspecified atom stereocenters. The Labute approximate surface area is 150 Å². The molecule has 2 heterocycles. The van der Waals surface area contributed by atoms with Crippen LogP contribution in [0.2, 0.25) is 5.02 Å². The van der Waals surface area contributed by atoms with E-state index < -0.39 is 5.91 Å². The Kier molecular flexibility index (Phi) is 4.55. The number of carbonyl (C=O) groups excluding carboxylic acids is 1. The van der Waals surface area contributed by atoms with Gasteiger partial charge in [0.05, 0.1) is 17.4 Å². The van der Waals surface area contributed by atoms with Crippen molar-refractivity contribution < 1.29 is 4.79 Å². The molecule has 3 rings (SSSR count). The Balaban J connectivity index is 2.18. The molecule has 0 atom stereocenters. The molecule has 6 heteroatoms. The van der Waals surface area contributed by atoms with E-state index in [1.807, 2.05) is 26.0 Å². The predicted molar refractivity (Wildman–Crippen MR) is 96.8 cm³/mol. The molecule has 0 aliphatic carbocycles. The van der Waals surface area contributed by atoms with Crippen LogP contribution >= 0.6 is 11.6 Å². The van der Waals surface area contributed by atoms with Crippen molar-refractivity contribution in [1.29, 1.82) is 0 Å². The monoisotopic (exact) mass is 350 g/mol. The molecule has 0 aliphatic rings. The van der Waals surface area contributed by atoms with E-state index in [4.69, 9.17) is 17.3 Å². The van der Waals surface area contributed by atoms with Gasteiger partial charge in [-0.1, -0.05) is 29.5 Å². The highest BCUT2D eigenvalue weighted by Gasteiger charge is 2.15. The summed E-state index contributed by atoms with van der Waals surface area (Å²) in [6.45, 7) is 3.85. The van der Waals surface area contributed by atoms with Crippen molar-refractivity contribution in [2.24, 2.45) is 5.73 Å². The summed E-state index contributed by atoms with van der Waals surface area (Å²) in [5.41, 5.74) is 9.40. The number of carbonyl (C=O) groups is 1. The van der Waals surface area contributed by atoms with Crippen molar-refractivity contribution in [3.8, 4) is 17.5 Å². The van der Waals surface area contributed by atoms with Crippen molar-refractivity contribution in [2.45, 2.75) is 13.8 Å². The molecule has 0 fully saturated rings. The highest BCUT2D eigenvalue weighted by atomic mass is 35.5. The summed E-state index contributed by atoms with van der Waals surface area (Å²) < 4.78 is 1.60. The Morgan fingerprint density at radius 2 is 2.04 bits per heavy atom. The summed E-state index contributed by atoms with van der Waals surface area (Å²) in [6.07, 6.45) is 4.85. The lowest BCUT2D eigenvalue weighted by molar-refractivity contribution is 0.0989. The predicted octanol–water partition coefficient (Wildman–Crippen LogP) is 3.04.